The predicted molar refractivity (Wildman–Crippen MR) is 86.3 cm³/mol. The van der Waals surface area contributed by atoms with Gasteiger partial charge >= 0.3 is 0 Å². The Kier molecular flexibility index (Phi) is 5.03. The predicted octanol–water partition coefficient (Wildman–Crippen LogP) is 3.56. The first-order valence-corrected chi connectivity index (χ1v) is 8.85. The molecular formula is C17H27NOS. The van der Waals surface area contributed by atoms with Crippen molar-refractivity contribution < 1.29 is 4.21 Å². The zero-order valence-electron chi connectivity index (χ0n) is 13.1. The van der Waals surface area contributed by atoms with Gasteiger partial charge in [0.05, 0.1) is 16.0 Å². The van der Waals surface area contributed by atoms with Crippen LogP contribution in [0, 0.1) is 25.7 Å². The molecule has 1 fully saturated rings. The van der Waals surface area contributed by atoms with E-state index < -0.39 is 10.8 Å². The van der Waals surface area contributed by atoms with Crippen LogP contribution in [-0.2, 0) is 10.8 Å². The Bertz CT molecular complexity index is 498. The molecule has 0 saturated heterocycles. The summed E-state index contributed by atoms with van der Waals surface area (Å²) in [4.78, 5) is 0.981. The second-order valence-electron chi connectivity index (χ2n) is 6.59. The van der Waals surface area contributed by atoms with E-state index in [1.54, 1.807) is 0 Å². The van der Waals surface area contributed by atoms with E-state index in [0.29, 0.717) is 11.8 Å². The molecule has 1 saturated carbocycles. The largest absolute Gasteiger partial charge is 0.327 e. The average molecular weight is 293 g/mol. The fourth-order valence-corrected chi connectivity index (χ4v) is 5.01. The summed E-state index contributed by atoms with van der Waals surface area (Å²) in [6, 6.07) is 6.28. The molecule has 1 aromatic rings. The summed E-state index contributed by atoms with van der Waals surface area (Å²) in [5.74, 6) is 1.31. The first-order chi connectivity index (χ1) is 9.40. The Morgan fingerprint density at radius 3 is 2.60 bits per heavy atom. The molecule has 2 N–H and O–H groups in total. The van der Waals surface area contributed by atoms with Gasteiger partial charge in [-0.1, -0.05) is 26.0 Å². The van der Waals surface area contributed by atoms with Crippen molar-refractivity contribution in [3.63, 3.8) is 0 Å². The lowest BCUT2D eigenvalue weighted by molar-refractivity contribution is 0.264. The maximum absolute atomic E-state index is 13.0. The fraction of sp³-hybridized carbons (Fsp3) is 0.647. The van der Waals surface area contributed by atoms with E-state index in [-0.39, 0.29) is 11.3 Å². The highest BCUT2D eigenvalue weighted by Crippen LogP contribution is 2.34. The number of rotatable bonds is 3. The summed E-state index contributed by atoms with van der Waals surface area (Å²) in [6.07, 6.45) is 3.18. The SMILES string of the molecule is Cc1ccc(C)c(S(=O)C2CC(C(C)C)CCC2N)c1. The van der Waals surface area contributed by atoms with Crippen LogP contribution in [0.1, 0.15) is 44.2 Å². The van der Waals surface area contributed by atoms with Crippen LogP contribution >= 0.6 is 0 Å². The first kappa shape index (κ1) is 15.7. The van der Waals surface area contributed by atoms with E-state index >= 15 is 0 Å². The van der Waals surface area contributed by atoms with Crippen molar-refractivity contribution in [2.75, 3.05) is 0 Å². The fourth-order valence-electron chi connectivity index (χ4n) is 3.12. The number of hydrogen-bond donors (Lipinski definition) is 1. The molecule has 2 nitrogen and oxygen atoms in total. The third-order valence-electron chi connectivity index (χ3n) is 4.66. The number of hydrogen-bond acceptors (Lipinski definition) is 2. The highest BCUT2D eigenvalue weighted by Gasteiger charge is 2.34. The molecular weight excluding hydrogens is 266 g/mol. The molecule has 1 aliphatic carbocycles. The van der Waals surface area contributed by atoms with Crippen LogP contribution < -0.4 is 5.73 Å². The van der Waals surface area contributed by atoms with Crippen molar-refractivity contribution in [3.05, 3.63) is 29.3 Å². The van der Waals surface area contributed by atoms with E-state index in [4.69, 9.17) is 5.73 Å². The van der Waals surface area contributed by atoms with Crippen molar-refractivity contribution in [1.82, 2.24) is 0 Å². The van der Waals surface area contributed by atoms with Crippen LogP contribution in [0.25, 0.3) is 0 Å². The van der Waals surface area contributed by atoms with Gasteiger partial charge < -0.3 is 5.73 Å². The van der Waals surface area contributed by atoms with Gasteiger partial charge in [0.15, 0.2) is 0 Å². The van der Waals surface area contributed by atoms with Gasteiger partial charge in [0.1, 0.15) is 0 Å². The highest BCUT2D eigenvalue weighted by atomic mass is 32.2. The van der Waals surface area contributed by atoms with Gasteiger partial charge in [-0.2, -0.15) is 0 Å². The molecule has 0 heterocycles. The minimum absolute atomic E-state index is 0.0748. The maximum Gasteiger partial charge on any atom is 0.0579 e. The third-order valence-corrected chi connectivity index (χ3v) is 6.63. The Labute approximate surface area is 125 Å². The molecule has 4 atom stereocenters. The molecule has 20 heavy (non-hydrogen) atoms. The van der Waals surface area contributed by atoms with Crippen LogP contribution in [0.3, 0.4) is 0 Å². The second-order valence-corrected chi connectivity index (χ2v) is 8.23. The lowest BCUT2D eigenvalue weighted by Gasteiger charge is -2.35. The van der Waals surface area contributed by atoms with Gasteiger partial charge in [-0.15, -0.1) is 0 Å². The average Bonchev–Trinajstić information content (AvgIpc) is 2.41. The quantitative estimate of drug-likeness (QED) is 0.926. The minimum Gasteiger partial charge on any atom is -0.327 e. The molecule has 0 amide bonds. The Hall–Kier alpha value is -0.670. The Morgan fingerprint density at radius 2 is 1.95 bits per heavy atom. The highest BCUT2D eigenvalue weighted by molar-refractivity contribution is 7.85. The van der Waals surface area contributed by atoms with Crippen LogP contribution in [0.5, 0.6) is 0 Å². The van der Waals surface area contributed by atoms with Crippen molar-refractivity contribution in [2.45, 2.75) is 63.1 Å². The number of benzene rings is 1. The van der Waals surface area contributed by atoms with Crippen LogP contribution in [-0.4, -0.2) is 15.5 Å². The van der Waals surface area contributed by atoms with E-state index in [9.17, 15) is 4.21 Å². The summed E-state index contributed by atoms with van der Waals surface area (Å²) >= 11 is 0. The zero-order valence-corrected chi connectivity index (χ0v) is 13.9. The molecule has 1 aromatic carbocycles. The molecule has 2 rings (SSSR count). The molecule has 3 heteroatoms. The van der Waals surface area contributed by atoms with E-state index in [1.165, 1.54) is 12.0 Å². The maximum atomic E-state index is 13.0. The summed E-state index contributed by atoms with van der Waals surface area (Å²) in [5, 5.41) is 0.108. The molecule has 0 aromatic heterocycles. The van der Waals surface area contributed by atoms with Crippen molar-refractivity contribution in [3.8, 4) is 0 Å². The minimum atomic E-state index is -0.984. The van der Waals surface area contributed by atoms with Crippen molar-refractivity contribution in [2.24, 2.45) is 17.6 Å². The monoisotopic (exact) mass is 293 g/mol. The lowest BCUT2D eigenvalue weighted by Crippen LogP contribution is -2.44. The van der Waals surface area contributed by atoms with E-state index in [0.717, 1.165) is 23.3 Å². The number of nitrogens with two attached hydrogens (primary N) is 1. The molecule has 0 radical (unpaired) electrons. The molecule has 1 aliphatic rings. The third kappa shape index (κ3) is 3.32. The smallest absolute Gasteiger partial charge is 0.0579 e. The molecule has 0 spiro atoms. The number of aryl methyl sites for hydroxylation is 2. The van der Waals surface area contributed by atoms with Gasteiger partial charge in [0, 0.05) is 10.9 Å². The van der Waals surface area contributed by atoms with Crippen molar-refractivity contribution >= 4 is 10.8 Å². The topological polar surface area (TPSA) is 43.1 Å². The molecule has 0 aliphatic heterocycles. The standard InChI is InChI=1S/C17H27NOS/c1-11(2)14-7-8-15(18)17(10-14)20(19)16-9-12(3)5-6-13(16)4/h5-6,9,11,14-15,17H,7-8,10,18H2,1-4H3. The normalized spacial score (nSPS) is 28.6. The Morgan fingerprint density at radius 1 is 1.25 bits per heavy atom. The molecule has 4 unspecified atom stereocenters. The summed E-state index contributed by atoms with van der Waals surface area (Å²) in [7, 11) is -0.984. The summed E-state index contributed by atoms with van der Waals surface area (Å²) in [5.41, 5.74) is 8.56. The zero-order chi connectivity index (χ0) is 14.9. The van der Waals surface area contributed by atoms with Crippen LogP contribution in [0.2, 0.25) is 0 Å². The summed E-state index contributed by atoms with van der Waals surface area (Å²) < 4.78 is 13.0. The van der Waals surface area contributed by atoms with Crippen LogP contribution in [0.15, 0.2) is 23.1 Å². The molecule has 0 bridgehead atoms. The van der Waals surface area contributed by atoms with Crippen molar-refractivity contribution in [1.29, 1.82) is 0 Å². The van der Waals surface area contributed by atoms with E-state index in [1.807, 2.05) is 6.92 Å². The molecule has 112 valence electrons. The lowest BCUT2D eigenvalue weighted by atomic mass is 9.79. The second kappa shape index (κ2) is 6.40. The summed E-state index contributed by atoms with van der Waals surface area (Å²) in [6.45, 7) is 8.62. The van der Waals surface area contributed by atoms with Crippen LogP contribution in [0.4, 0.5) is 0 Å². The first-order valence-electron chi connectivity index (χ1n) is 7.63. The van der Waals surface area contributed by atoms with Gasteiger partial charge in [0.25, 0.3) is 0 Å². The van der Waals surface area contributed by atoms with Gasteiger partial charge in [-0.3, -0.25) is 4.21 Å². The Balaban J connectivity index is 2.24. The van der Waals surface area contributed by atoms with E-state index in [2.05, 4.69) is 39.0 Å². The van der Waals surface area contributed by atoms with Gasteiger partial charge in [-0.25, -0.2) is 0 Å². The van der Waals surface area contributed by atoms with Gasteiger partial charge in [-0.05, 0) is 62.1 Å². The van der Waals surface area contributed by atoms with Gasteiger partial charge in [0.2, 0.25) is 0 Å².